The van der Waals surface area contributed by atoms with Crippen LogP contribution < -0.4 is 10.2 Å². The molecule has 1 aromatic carbocycles. The summed E-state index contributed by atoms with van der Waals surface area (Å²) in [6, 6.07) is 5.31. The second-order valence-electron chi connectivity index (χ2n) is 6.96. The smallest absolute Gasteiger partial charge is 0.146 e. The Kier molecular flexibility index (Phi) is 5.22. The molecule has 0 atom stereocenters. The fourth-order valence-electron chi connectivity index (χ4n) is 2.76. The lowest BCUT2D eigenvalue weighted by Gasteiger charge is -2.34. The molecule has 0 amide bonds. The zero-order valence-electron chi connectivity index (χ0n) is 13.3. The minimum Gasteiger partial charge on any atom is -0.396 e. The maximum Gasteiger partial charge on any atom is 0.146 e. The van der Waals surface area contributed by atoms with Crippen LogP contribution in [-0.2, 0) is 6.54 Å². The molecule has 4 heteroatoms. The summed E-state index contributed by atoms with van der Waals surface area (Å²) in [6.45, 7) is 8.86. The number of aliphatic hydroxyl groups excluding tert-OH is 1. The molecule has 1 aliphatic heterocycles. The minimum absolute atomic E-state index is 0.00741. The number of rotatable bonds is 4. The van der Waals surface area contributed by atoms with Gasteiger partial charge in [0.05, 0.1) is 5.69 Å². The third-order valence-electron chi connectivity index (χ3n) is 4.07. The van der Waals surface area contributed by atoms with Gasteiger partial charge in [0.15, 0.2) is 0 Å². The molecule has 1 heterocycles. The van der Waals surface area contributed by atoms with Crippen LogP contribution in [0.4, 0.5) is 10.1 Å². The lowest BCUT2D eigenvalue weighted by molar-refractivity contribution is 0.202. The van der Waals surface area contributed by atoms with Crippen LogP contribution in [0.2, 0.25) is 0 Å². The van der Waals surface area contributed by atoms with Gasteiger partial charge in [-0.2, -0.15) is 0 Å². The number of nitrogens with one attached hydrogen (secondary N) is 1. The molecule has 0 radical (unpaired) electrons. The normalized spacial score (nSPS) is 17.3. The molecular formula is C17H27FN2O. The monoisotopic (exact) mass is 294 g/mol. The largest absolute Gasteiger partial charge is 0.396 e. The van der Waals surface area contributed by atoms with Crippen molar-refractivity contribution in [3.05, 3.63) is 29.6 Å². The first-order chi connectivity index (χ1) is 9.90. The molecule has 3 nitrogen and oxygen atoms in total. The van der Waals surface area contributed by atoms with Crippen LogP contribution in [0.3, 0.4) is 0 Å². The van der Waals surface area contributed by atoms with E-state index < -0.39 is 0 Å². The molecule has 2 rings (SSSR count). The molecule has 0 aliphatic carbocycles. The van der Waals surface area contributed by atoms with Gasteiger partial charge in [-0.1, -0.05) is 12.1 Å². The highest BCUT2D eigenvalue weighted by Crippen LogP contribution is 2.29. The first-order valence-corrected chi connectivity index (χ1v) is 7.79. The summed E-state index contributed by atoms with van der Waals surface area (Å²) < 4.78 is 14.3. The van der Waals surface area contributed by atoms with Crippen LogP contribution in [0.15, 0.2) is 18.2 Å². The van der Waals surface area contributed by atoms with Gasteiger partial charge in [-0.25, -0.2) is 4.39 Å². The van der Waals surface area contributed by atoms with E-state index in [0.29, 0.717) is 12.5 Å². The van der Waals surface area contributed by atoms with Gasteiger partial charge in [-0.05, 0) is 51.2 Å². The van der Waals surface area contributed by atoms with E-state index >= 15 is 0 Å². The molecule has 2 N–H and O–H groups in total. The number of nitrogens with zero attached hydrogens (tertiary/aromatic N) is 1. The minimum atomic E-state index is -0.148. The van der Waals surface area contributed by atoms with E-state index in [2.05, 4.69) is 31.0 Å². The molecule has 118 valence electrons. The Morgan fingerprint density at radius 2 is 1.95 bits per heavy atom. The van der Waals surface area contributed by atoms with Crippen molar-refractivity contribution < 1.29 is 9.50 Å². The van der Waals surface area contributed by atoms with E-state index in [4.69, 9.17) is 0 Å². The molecular weight excluding hydrogens is 267 g/mol. The second-order valence-corrected chi connectivity index (χ2v) is 6.96. The Hall–Kier alpha value is -1.13. The zero-order chi connectivity index (χ0) is 15.5. The number of anilines is 1. The molecule has 21 heavy (non-hydrogen) atoms. The van der Waals surface area contributed by atoms with Crippen molar-refractivity contribution in [2.75, 3.05) is 24.6 Å². The molecule has 0 unspecified atom stereocenters. The van der Waals surface area contributed by atoms with E-state index in [1.54, 1.807) is 6.07 Å². The average molecular weight is 294 g/mol. The van der Waals surface area contributed by atoms with Crippen LogP contribution in [0.5, 0.6) is 0 Å². The number of hydrogen-bond donors (Lipinski definition) is 2. The lowest BCUT2D eigenvalue weighted by atomic mass is 9.96. The average Bonchev–Trinajstić information content (AvgIpc) is 2.44. The molecule has 0 aromatic heterocycles. The summed E-state index contributed by atoms with van der Waals surface area (Å²) in [4.78, 5) is 2.13. The van der Waals surface area contributed by atoms with Crippen LogP contribution >= 0.6 is 0 Å². The van der Waals surface area contributed by atoms with Crippen LogP contribution in [0.25, 0.3) is 0 Å². The van der Waals surface area contributed by atoms with Gasteiger partial charge >= 0.3 is 0 Å². The highest BCUT2D eigenvalue weighted by atomic mass is 19.1. The molecule has 1 saturated heterocycles. The van der Waals surface area contributed by atoms with Gasteiger partial charge < -0.3 is 15.3 Å². The van der Waals surface area contributed by atoms with E-state index in [1.165, 1.54) is 6.07 Å². The number of aliphatic hydroxyl groups is 1. The maximum absolute atomic E-state index is 14.3. The topological polar surface area (TPSA) is 35.5 Å². The Morgan fingerprint density at radius 1 is 1.29 bits per heavy atom. The van der Waals surface area contributed by atoms with Crippen LogP contribution in [0.1, 0.15) is 39.2 Å². The Bertz CT molecular complexity index is 462. The highest BCUT2D eigenvalue weighted by Gasteiger charge is 2.23. The Balaban J connectivity index is 2.14. The van der Waals surface area contributed by atoms with Crippen molar-refractivity contribution in [3.8, 4) is 0 Å². The Labute approximate surface area is 127 Å². The quantitative estimate of drug-likeness (QED) is 0.896. The third kappa shape index (κ3) is 4.42. The Morgan fingerprint density at radius 3 is 2.52 bits per heavy atom. The first-order valence-electron chi connectivity index (χ1n) is 7.79. The van der Waals surface area contributed by atoms with Crippen molar-refractivity contribution in [3.63, 3.8) is 0 Å². The molecule has 0 saturated carbocycles. The fourth-order valence-corrected chi connectivity index (χ4v) is 2.76. The summed E-state index contributed by atoms with van der Waals surface area (Å²) in [7, 11) is 0. The maximum atomic E-state index is 14.3. The SMILES string of the molecule is CC(C)(C)NCc1cccc(F)c1N1CCC(CO)CC1. The van der Waals surface area contributed by atoms with Gasteiger partial charge in [0, 0.05) is 31.8 Å². The van der Waals surface area contributed by atoms with Crippen molar-refractivity contribution in [1.29, 1.82) is 0 Å². The zero-order valence-corrected chi connectivity index (χ0v) is 13.3. The van der Waals surface area contributed by atoms with E-state index in [1.807, 2.05) is 6.07 Å². The molecule has 1 aliphatic rings. The molecule has 0 bridgehead atoms. The van der Waals surface area contributed by atoms with E-state index in [9.17, 15) is 9.50 Å². The van der Waals surface area contributed by atoms with Crippen molar-refractivity contribution in [2.45, 2.75) is 45.7 Å². The summed E-state index contributed by atoms with van der Waals surface area (Å²) in [6.07, 6.45) is 1.86. The summed E-state index contributed by atoms with van der Waals surface area (Å²) >= 11 is 0. The van der Waals surface area contributed by atoms with Crippen LogP contribution in [-0.4, -0.2) is 30.3 Å². The van der Waals surface area contributed by atoms with Gasteiger partial charge in [0.25, 0.3) is 0 Å². The predicted octanol–water partition coefficient (Wildman–Crippen LogP) is 2.92. The van der Waals surface area contributed by atoms with Gasteiger partial charge in [0.1, 0.15) is 5.82 Å². The van der Waals surface area contributed by atoms with E-state index in [0.717, 1.165) is 37.2 Å². The number of halogens is 1. The third-order valence-corrected chi connectivity index (χ3v) is 4.07. The first kappa shape index (κ1) is 16.2. The predicted molar refractivity (Wildman–Crippen MR) is 85.0 cm³/mol. The lowest BCUT2D eigenvalue weighted by Crippen LogP contribution is -2.38. The summed E-state index contributed by atoms with van der Waals surface area (Å²) in [5.41, 5.74) is 1.74. The van der Waals surface area contributed by atoms with Gasteiger partial charge in [-0.15, -0.1) is 0 Å². The molecule has 0 spiro atoms. The summed E-state index contributed by atoms with van der Waals surface area (Å²) in [5.74, 6) is 0.217. The number of hydrogen-bond acceptors (Lipinski definition) is 3. The fraction of sp³-hybridized carbons (Fsp3) is 0.647. The number of piperidine rings is 1. The van der Waals surface area contributed by atoms with Gasteiger partial charge in [0.2, 0.25) is 0 Å². The second kappa shape index (κ2) is 6.75. The number of benzene rings is 1. The highest BCUT2D eigenvalue weighted by molar-refractivity contribution is 5.55. The molecule has 1 fully saturated rings. The summed E-state index contributed by atoms with van der Waals surface area (Å²) in [5, 5.41) is 12.7. The van der Waals surface area contributed by atoms with E-state index in [-0.39, 0.29) is 18.0 Å². The molecule has 1 aromatic rings. The standard InChI is InChI=1S/C17H27FN2O/c1-17(2,3)19-11-14-5-4-6-15(18)16(14)20-9-7-13(12-21)8-10-20/h4-6,13,19,21H,7-12H2,1-3H3. The van der Waals surface area contributed by atoms with Crippen LogP contribution in [0, 0.1) is 11.7 Å². The van der Waals surface area contributed by atoms with Gasteiger partial charge in [-0.3, -0.25) is 0 Å². The van der Waals surface area contributed by atoms with Crippen molar-refractivity contribution in [2.24, 2.45) is 5.92 Å². The number of para-hydroxylation sites is 1. The van der Waals surface area contributed by atoms with Crippen molar-refractivity contribution in [1.82, 2.24) is 5.32 Å². The van der Waals surface area contributed by atoms with Crippen molar-refractivity contribution >= 4 is 5.69 Å².